The third kappa shape index (κ3) is 3.55. The molecule has 0 bridgehead atoms. The Morgan fingerprint density at radius 1 is 1.08 bits per heavy atom. The van der Waals surface area contributed by atoms with Crippen LogP contribution in [0.1, 0.15) is 28.9 Å². The van der Waals surface area contributed by atoms with E-state index in [1.165, 1.54) is 0 Å². The van der Waals surface area contributed by atoms with Gasteiger partial charge in [0.05, 0.1) is 17.1 Å². The van der Waals surface area contributed by atoms with Gasteiger partial charge in [-0.05, 0) is 49.1 Å². The molecule has 1 saturated carbocycles. The van der Waals surface area contributed by atoms with Gasteiger partial charge < -0.3 is 10.4 Å². The summed E-state index contributed by atoms with van der Waals surface area (Å²) >= 11 is 0. The number of rotatable bonds is 5. The summed E-state index contributed by atoms with van der Waals surface area (Å²) < 4.78 is 0. The van der Waals surface area contributed by atoms with Crippen LogP contribution in [0.5, 0.6) is 0 Å². The summed E-state index contributed by atoms with van der Waals surface area (Å²) in [6.45, 7) is 0. The molecule has 2 heterocycles. The van der Waals surface area contributed by atoms with Crippen LogP contribution in [0.4, 0.5) is 0 Å². The maximum atomic E-state index is 12.8. The minimum Gasteiger partial charge on any atom is -0.393 e. The molecule has 0 spiro atoms. The molecule has 0 radical (unpaired) electrons. The summed E-state index contributed by atoms with van der Waals surface area (Å²) in [5.74, 6) is 0.121. The smallest absolute Gasteiger partial charge is 0.251 e. The number of amides is 1. The summed E-state index contributed by atoms with van der Waals surface area (Å²) in [4.78, 5) is 25.6. The lowest BCUT2D eigenvalue weighted by atomic mass is 9.76. The lowest BCUT2D eigenvalue weighted by molar-refractivity contribution is 0.0238. The zero-order chi connectivity index (χ0) is 17.9. The van der Waals surface area contributed by atoms with E-state index < -0.39 is 0 Å². The van der Waals surface area contributed by atoms with Crippen LogP contribution in [0.2, 0.25) is 0 Å². The van der Waals surface area contributed by atoms with Gasteiger partial charge in [0.15, 0.2) is 0 Å². The Hall–Kier alpha value is -2.86. The molecule has 6 nitrogen and oxygen atoms in total. The van der Waals surface area contributed by atoms with Gasteiger partial charge >= 0.3 is 0 Å². The number of nitrogens with zero attached hydrogens (tertiary/aromatic N) is 3. The van der Waals surface area contributed by atoms with Gasteiger partial charge in [-0.15, -0.1) is 0 Å². The van der Waals surface area contributed by atoms with Crippen molar-refractivity contribution < 1.29 is 9.90 Å². The zero-order valence-corrected chi connectivity index (χ0v) is 14.2. The van der Waals surface area contributed by atoms with E-state index in [-0.39, 0.29) is 24.0 Å². The standard InChI is InChI=1S/C20H20N4O2/c25-16-9-14(10-16)18(12-15-3-1-2-6-21-15)24-20(26)13-4-5-17-19(11-13)23-8-7-22-17/h1-8,11,14,16,18,25H,9-10,12H2,(H,24,26)/t14?,16?,18-/m1/s1. The highest BCUT2D eigenvalue weighted by Crippen LogP contribution is 2.31. The molecule has 2 N–H and O–H groups in total. The SMILES string of the molecule is O=C(N[C@H](Cc1ccccn1)C1CC(O)C1)c1ccc2nccnc2c1. The fraction of sp³-hybridized carbons (Fsp3) is 0.300. The highest BCUT2D eigenvalue weighted by molar-refractivity contribution is 5.97. The number of hydrogen-bond acceptors (Lipinski definition) is 5. The van der Waals surface area contributed by atoms with Gasteiger partial charge in [-0.3, -0.25) is 19.7 Å². The Kier molecular flexibility index (Phi) is 4.58. The van der Waals surface area contributed by atoms with E-state index in [2.05, 4.69) is 20.3 Å². The molecule has 0 unspecified atom stereocenters. The van der Waals surface area contributed by atoms with Crippen molar-refractivity contribution in [2.45, 2.75) is 31.4 Å². The van der Waals surface area contributed by atoms with E-state index in [0.29, 0.717) is 30.3 Å². The molecular formula is C20H20N4O2. The molecule has 1 amide bonds. The maximum absolute atomic E-state index is 12.8. The van der Waals surface area contributed by atoms with Crippen LogP contribution in [0.15, 0.2) is 55.0 Å². The van der Waals surface area contributed by atoms with Crippen LogP contribution in [0.25, 0.3) is 11.0 Å². The minimum absolute atomic E-state index is 0.0571. The predicted molar refractivity (Wildman–Crippen MR) is 97.5 cm³/mol. The van der Waals surface area contributed by atoms with E-state index in [0.717, 1.165) is 11.2 Å². The number of pyridine rings is 1. The van der Waals surface area contributed by atoms with Crippen molar-refractivity contribution in [2.75, 3.05) is 0 Å². The Balaban J connectivity index is 1.52. The van der Waals surface area contributed by atoms with Gasteiger partial charge in [0.25, 0.3) is 5.91 Å². The van der Waals surface area contributed by atoms with Crippen molar-refractivity contribution in [3.8, 4) is 0 Å². The monoisotopic (exact) mass is 348 g/mol. The van der Waals surface area contributed by atoms with Crippen molar-refractivity contribution in [2.24, 2.45) is 5.92 Å². The molecule has 3 aromatic rings. The first-order valence-corrected chi connectivity index (χ1v) is 8.78. The van der Waals surface area contributed by atoms with Gasteiger partial charge in [-0.2, -0.15) is 0 Å². The van der Waals surface area contributed by atoms with Crippen molar-refractivity contribution in [1.29, 1.82) is 0 Å². The molecular weight excluding hydrogens is 328 g/mol. The first kappa shape index (κ1) is 16.6. The molecule has 1 aliphatic rings. The highest BCUT2D eigenvalue weighted by Gasteiger charge is 2.35. The summed E-state index contributed by atoms with van der Waals surface area (Å²) in [5.41, 5.74) is 2.95. The van der Waals surface area contributed by atoms with Crippen LogP contribution >= 0.6 is 0 Å². The summed E-state index contributed by atoms with van der Waals surface area (Å²) in [6, 6.07) is 11.0. The summed E-state index contributed by atoms with van der Waals surface area (Å²) in [7, 11) is 0. The number of hydrogen-bond donors (Lipinski definition) is 2. The number of nitrogens with one attached hydrogen (secondary N) is 1. The van der Waals surface area contributed by atoms with Crippen molar-refractivity contribution in [1.82, 2.24) is 20.3 Å². The van der Waals surface area contributed by atoms with Crippen LogP contribution in [-0.4, -0.2) is 38.1 Å². The largest absolute Gasteiger partial charge is 0.393 e. The first-order valence-electron chi connectivity index (χ1n) is 8.78. The molecule has 4 rings (SSSR count). The number of fused-ring (bicyclic) bond motifs is 1. The Bertz CT molecular complexity index is 910. The average molecular weight is 348 g/mol. The van der Waals surface area contributed by atoms with E-state index in [1.807, 2.05) is 18.2 Å². The lowest BCUT2D eigenvalue weighted by Crippen LogP contribution is -2.48. The molecule has 2 aromatic heterocycles. The molecule has 0 aliphatic heterocycles. The van der Waals surface area contributed by atoms with Gasteiger partial charge in [-0.25, -0.2) is 0 Å². The Labute approximate surface area is 151 Å². The highest BCUT2D eigenvalue weighted by atomic mass is 16.3. The minimum atomic E-state index is -0.265. The Morgan fingerprint density at radius 2 is 1.88 bits per heavy atom. The van der Waals surface area contributed by atoms with Crippen LogP contribution in [0, 0.1) is 5.92 Å². The molecule has 1 aromatic carbocycles. The van der Waals surface area contributed by atoms with E-state index in [1.54, 1.807) is 36.8 Å². The fourth-order valence-corrected chi connectivity index (χ4v) is 3.39. The van der Waals surface area contributed by atoms with Crippen molar-refractivity contribution in [3.05, 3.63) is 66.2 Å². The second-order valence-electron chi connectivity index (χ2n) is 6.75. The maximum Gasteiger partial charge on any atom is 0.251 e. The van der Waals surface area contributed by atoms with Gasteiger partial charge in [0.1, 0.15) is 0 Å². The third-order valence-electron chi connectivity index (χ3n) is 4.92. The number of carbonyl (C=O) groups is 1. The number of aliphatic hydroxyl groups is 1. The number of benzene rings is 1. The average Bonchev–Trinajstić information content (AvgIpc) is 2.65. The predicted octanol–water partition coefficient (Wildman–Crippen LogP) is 2.14. The molecule has 0 saturated heterocycles. The molecule has 26 heavy (non-hydrogen) atoms. The van der Waals surface area contributed by atoms with Crippen LogP contribution in [-0.2, 0) is 6.42 Å². The molecule has 1 fully saturated rings. The van der Waals surface area contributed by atoms with E-state index in [9.17, 15) is 9.90 Å². The van der Waals surface area contributed by atoms with Gasteiger partial charge in [0.2, 0.25) is 0 Å². The van der Waals surface area contributed by atoms with Crippen LogP contribution in [0.3, 0.4) is 0 Å². The fourth-order valence-electron chi connectivity index (χ4n) is 3.39. The van der Waals surface area contributed by atoms with Crippen molar-refractivity contribution >= 4 is 16.9 Å². The van der Waals surface area contributed by atoms with Gasteiger partial charge in [0, 0.05) is 42.3 Å². The summed E-state index contributed by atoms with van der Waals surface area (Å²) in [6.07, 6.45) is 6.81. The molecule has 6 heteroatoms. The number of aliphatic hydroxyl groups excluding tert-OH is 1. The van der Waals surface area contributed by atoms with E-state index >= 15 is 0 Å². The second-order valence-corrected chi connectivity index (χ2v) is 6.75. The van der Waals surface area contributed by atoms with Crippen molar-refractivity contribution in [3.63, 3.8) is 0 Å². The lowest BCUT2D eigenvalue weighted by Gasteiger charge is -2.38. The molecule has 1 aliphatic carbocycles. The third-order valence-corrected chi connectivity index (χ3v) is 4.92. The number of aromatic nitrogens is 3. The van der Waals surface area contributed by atoms with E-state index in [4.69, 9.17) is 0 Å². The molecule has 132 valence electrons. The summed E-state index contributed by atoms with van der Waals surface area (Å²) in [5, 5.41) is 12.8. The quantitative estimate of drug-likeness (QED) is 0.737. The first-order chi connectivity index (χ1) is 12.7. The number of carbonyl (C=O) groups excluding carboxylic acids is 1. The zero-order valence-electron chi connectivity index (χ0n) is 14.2. The normalized spacial score (nSPS) is 20.3. The molecule has 1 atom stereocenters. The topological polar surface area (TPSA) is 88.0 Å². The Morgan fingerprint density at radius 3 is 2.62 bits per heavy atom. The second kappa shape index (κ2) is 7.17. The van der Waals surface area contributed by atoms with Gasteiger partial charge in [-0.1, -0.05) is 6.07 Å². The van der Waals surface area contributed by atoms with Crippen LogP contribution < -0.4 is 5.32 Å².